The fourth-order valence-corrected chi connectivity index (χ4v) is 4.83. The standard InChI is InChI=1S/C25H37NO2Si/c1-24(2,3)17-27-23-21(13-10-16-26-23)18-11-9-12-20-19(18)14-15-22(20)28-29(7,8)25(4,5)6/h9-13,16,22H,14-15,17H2,1-8H3. The van der Waals surface area contributed by atoms with E-state index in [-0.39, 0.29) is 16.6 Å². The van der Waals surface area contributed by atoms with E-state index in [4.69, 9.17) is 9.16 Å². The zero-order valence-electron chi connectivity index (χ0n) is 19.4. The maximum absolute atomic E-state index is 6.80. The van der Waals surface area contributed by atoms with Crippen molar-refractivity contribution >= 4 is 8.32 Å². The Kier molecular flexibility index (Phi) is 5.99. The molecular weight excluding hydrogens is 374 g/mol. The Morgan fingerprint density at radius 1 is 1.00 bits per heavy atom. The van der Waals surface area contributed by atoms with Crippen LogP contribution in [0.1, 0.15) is 65.2 Å². The molecule has 3 nitrogen and oxygen atoms in total. The molecule has 1 aromatic carbocycles. The van der Waals surface area contributed by atoms with Gasteiger partial charge < -0.3 is 9.16 Å². The third kappa shape index (κ3) is 4.92. The quantitative estimate of drug-likeness (QED) is 0.488. The Balaban J connectivity index is 1.93. The minimum atomic E-state index is -1.82. The van der Waals surface area contributed by atoms with Crippen LogP contribution in [0.4, 0.5) is 0 Å². The van der Waals surface area contributed by atoms with Gasteiger partial charge in [0.25, 0.3) is 0 Å². The van der Waals surface area contributed by atoms with Crippen molar-refractivity contribution in [2.75, 3.05) is 6.61 Å². The van der Waals surface area contributed by atoms with E-state index in [1.165, 1.54) is 16.7 Å². The molecule has 0 fully saturated rings. The summed E-state index contributed by atoms with van der Waals surface area (Å²) < 4.78 is 12.9. The Morgan fingerprint density at radius 2 is 1.69 bits per heavy atom. The lowest BCUT2D eigenvalue weighted by Crippen LogP contribution is -2.41. The van der Waals surface area contributed by atoms with E-state index in [9.17, 15) is 0 Å². The topological polar surface area (TPSA) is 31.4 Å². The molecule has 1 aromatic heterocycles. The first-order chi connectivity index (χ1) is 13.4. The Bertz CT molecular complexity index is 862. The van der Waals surface area contributed by atoms with Gasteiger partial charge in [0.15, 0.2) is 8.32 Å². The fraction of sp³-hybridized carbons (Fsp3) is 0.560. The molecule has 0 saturated heterocycles. The molecule has 1 atom stereocenters. The summed E-state index contributed by atoms with van der Waals surface area (Å²) in [7, 11) is -1.82. The number of benzene rings is 1. The van der Waals surface area contributed by atoms with Gasteiger partial charge in [-0.05, 0) is 65.2 Å². The van der Waals surface area contributed by atoms with Crippen LogP contribution < -0.4 is 4.74 Å². The number of fused-ring (bicyclic) bond motifs is 1. The fourth-order valence-electron chi connectivity index (χ4n) is 3.52. The second-order valence-corrected chi connectivity index (χ2v) is 15.7. The lowest BCUT2D eigenvalue weighted by Gasteiger charge is -2.38. The van der Waals surface area contributed by atoms with Gasteiger partial charge in [-0.1, -0.05) is 59.7 Å². The summed E-state index contributed by atoms with van der Waals surface area (Å²) in [5.74, 6) is 0.726. The molecule has 1 heterocycles. The molecule has 0 amide bonds. The molecule has 0 radical (unpaired) electrons. The summed E-state index contributed by atoms with van der Waals surface area (Å²) in [4.78, 5) is 4.55. The molecule has 158 valence electrons. The number of ether oxygens (including phenoxy) is 1. The van der Waals surface area contributed by atoms with E-state index < -0.39 is 8.32 Å². The van der Waals surface area contributed by atoms with E-state index >= 15 is 0 Å². The maximum atomic E-state index is 6.80. The summed E-state index contributed by atoms with van der Waals surface area (Å²) in [5.41, 5.74) is 5.15. The van der Waals surface area contributed by atoms with Gasteiger partial charge in [-0.15, -0.1) is 0 Å². The van der Waals surface area contributed by atoms with Crippen molar-refractivity contribution in [2.45, 2.75) is 78.6 Å². The van der Waals surface area contributed by atoms with Crippen LogP contribution in [0.25, 0.3) is 11.1 Å². The van der Waals surface area contributed by atoms with Crippen LogP contribution in [0.5, 0.6) is 5.88 Å². The number of rotatable bonds is 5. The average molecular weight is 412 g/mol. The van der Waals surface area contributed by atoms with E-state index in [0.29, 0.717) is 6.61 Å². The van der Waals surface area contributed by atoms with Crippen LogP contribution in [0.15, 0.2) is 36.5 Å². The second-order valence-electron chi connectivity index (χ2n) is 11.0. The van der Waals surface area contributed by atoms with Gasteiger partial charge in [0.05, 0.1) is 12.7 Å². The first-order valence-corrected chi connectivity index (χ1v) is 13.7. The van der Waals surface area contributed by atoms with Crippen molar-refractivity contribution in [1.82, 2.24) is 4.98 Å². The SMILES string of the molecule is CC(C)(C)COc1ncccc1-c1cccc2c1CCC2O[Si](C)(C)C(C)(C)C. The molecule has 0 aliphatic heterocycles. The predicted molar refractivity (Wildman–Crippen MR) is 124 cm³/mol. The second kappa shape index (κ2) is 7.88. The van der Waals surface area contributed by atoms with Gasteiger partial charge in [0.2, 0.25) is 5.88 Å². The minimum absolute atomic E-state index is 0.0928. The van der Waals surface area contributed by atoms with Crippen molar-refractivity contribution < 1.29 is 9.16 Å². The molecule has 4 heteroatoms. The number of pyridine rings is 1. The summed E-state index contributed by atoms with van der Waals surface area (Å²) in [5, 5.41) is 0.213. The third-order valence-corrected chi connectivity index (χ3v) is 10.6. The van der Waals surface area contributed by atoms with Gasteiger partial charge in [0, 0.05) is 11.8 Å². The van der Waals surface area contributed by atoms with Crippen LogP contribution in [0, 0.1) is 5.41 Å². The van der Waals surface area contributed by atoms with E-state index in [0.717, 1.165) is 24.3 Å². The highest BCUT2D eigenvalue weighted by Gasteiger charge is 2.41. The van der Waals surface area contributed by atoms with Crippen LogP contribution in [-0.4, -0.2) is 19.9 Å². The predicted octanol–water partition coefficient (Wildman–Crippen LogP) is 7.18. The molecule has 1 aliphatic rings. The van der Waals surface area contributed by atoms with Crippen molar-refractivity contribution in [1.29, 1.82) is 0 Å². The molecule has 0 saturated carbocycles. The number of hydrogen-bond acceptors (Lipinski definition) is 3. The maximum Gasteiger partial charge on any atom is 0.221 e. The van der Waals surface area contributed by atoms with Crippen molar-refractivity contribution in [3.05, 3.63) is 47.7 Å². The first kappa shape index (κ1) is 22.0. The van der Waals surface area contributed by atoms with E-state index in [1.807, 2.05) is 12.3 Å². The monoisotopic (exact) mass is 411 g/mol. The van der Waals surface area contributed by atoms with Gasteiger partial charge in [-0.2, -0.15) is 0 Å². The first-order valence-electron chi connectivity index (χ1n) is 10.8. The summed E-state index contributed by atoms with van der Waals surface area (Å²) in [6.07, 6.45) is 4.10. The molecular formula is C25H37NO2Si. The largest absolute Gasteiger partial charge is 0.477 e. The van der Waals surface area contributed by atoms with E-state index in [1.54, 1.807) is 0 Å². The molecule has 0 N–H and O–H groups in total. The highest BCUT2D eigenvalue weighted by Crippen LogP contribution is 2.46. The van der Waals surface area contributed by atoms with Gasteiger partial charge in [-0.25, -0.2) is 4.98 Å². The van der Waals surface area contributed by atoms with Gasteiger partial charge in [-0.3, -0.25) is 0 Å². The molecule has 0 bridgehead atoms. The van der Waals surface area contributed by atoms with Crippen LogP contribution in [-0.2, 0) is 10.8 Å². The van der Waals surface area contributed by atoms with Crippen molar-refractivity contribution in [3.8, 4) is 17.0 Å². The molecule has 1 unspecified atom stereocenters. The highest BCUT2D eigenvalue weighted by molar-refractivity contribution is 6.74. The highest BCUT2D eigenvalue weighted by atomic mass is 28.4. The number of nitrogens with zero attached hydrogens (tertiary/aromatic N) is 1. The normalized spacial score (nSPS) is 17.3. The molecule has 29 heavy (non-hydrogen) atoms. The Morgan fingerprint density at radius 3 is 2.34 bits per heavy atom. The van der Waals surface area contributed by atoms with Crippen LogP contribution in [0.2, 0.25) is 18.1 Å². The average Bonchev–Trinajstić information content (AvgIpc) is 3.01. The Hall–Kier alpha value is -1.65. The zero-order valence-corrected chi connectivity index (χ0v) is 20.4. The number of aromatic nitrogens is 1. The molecule has 1 aliphatic carbocycles. The van der Waals surface area contributed by atoms with Crippen molar-refractivity contribution in [2.24, 2.45) is 5.41 Å². The smallest absolute Gasteiger partial charge is 0.221 e. The summed E-state index contributed by atoms with van der Waals surface area (Å²) >= 11 is 0. The lowest BCUT2D eigenvalue weighted by atomic mass is 9.97. The van der Waals surface area contributed by atoms with Crippen molar-refractivity contribution in [3.63, 3.8) is 0 Å². The molecule has 3 rings (SSSR count). The minimum Gasteiger partial charge on any atom is -0.477 e. The molecule has 2 aromatic rings. The van der Waals surface area contributed by atoms with Gasteiger partial charge in [0.1, 0.15) is 0 Å². The summed E-state index contributed by atoms with van der Waals surface area (Å²) in [6.45, 7) is 18.8. The lowest BCUT2D eigenvalue weighted by molar-refractivity contribution is 0.185. The Labute approximate surface area is 178 Å². The summed E-state index contributed by atoms with van der Waals surface area (Å²) in [6, 6.07) is 10.7. The van der Waals surface area contributed by atoms with Crippen LogP contribution >= 0.6 is 0 Å². The third-order valence-electron chi connectivity index (χ3n) is 6.16. The van der Waals surface area contributed by atoms with E-state index in [2.05, 4.69) is 83.9 Å². The zero-order chi connectivity index (χ0) is 21.4. The van der Waals surface area contributed by atoms with Crippen LogP contribution in [0.3, 0.4) is 0 Å². The molecule has 0 spiro atoms. The number of hydrogen-bond donors (Lipinski definition) is 0. The van der Waals surface area contributed by atoms with Gasteiger partial charge >= 0.3 is 0 Å².